The summed E-state index contributed by atoms with van der Waals surface area (Å²) in [6.07, 6.45) is 5.63. The van der Waals surface area contributed by atoms with Crippen LogP contribution in [0.2, 0.25) is 0 Å². The number of hydrogen-bond donors (Lipinski definition) is 1. The predicted octanol–water partition coefficient (Wildman–Crippen LogP) is 1.43. The Morgan fingerprint density at radius 2 is 2.06 bits per heavy atom. The van der Waals surface area contributed by atoms with Gasteiger partial charge in [0, 0.05) is 6.54 Å². The minimum atomic E-state index is -0.00206. The van der Waals surface area contributed by atoms with Crippen molar-refractivity contribution in [2.45, 2.75) is 25.7 Å². The molecule has 1 saturated heterocycles. The summed E-state index contributed by atoms with van der Waals surface area (Å²) in [5, 5.41) is 3.37. The van der Waals surface area contributed by atoms with Gasteiger partial charge in [-0.2, -0.15) is 0 Å². The van der Waals surface area contributed by atoms with Crippen molar-refractivity contribution in [3.05, 3.63) is 0 Å². The van der Waals surface area contributed by atoms with Gasteiger partial charge in [0.1, 0.15) is 0 Å². The van der Waals surface area contributed by atoms with Gasteiger partial charge in [-0.15, -0.1) is 0 Å². The first-order chi connectivity index (χ1) is 7.79. The summed E-state index contributed by atoms with van der Waals surface area (Å²) in [6, 6.07) is 0. The Bertz CT molecular complexity index is 292. The lowest BCUT2D eigenvalue weighted by Crippen LogP contribution is -2.31. The molecule has 16 heavy (non-hydrogen) atoms. The Balaban J connectivity index is 1.71. The number of carbonyl (C=O) groups excluding carboxylic acids is 1. The van der Waals surface area contributed by atoms with E-state index in [4.69, 9.17) is 4.74 Å². The number of ether oxygens (including phenoxy) is 1. The van der Waals surface area contributed by atoms with Crippen molar-refractivity contribution >= 4 is 5.97 Å². The van der Waals surface area contributed by atoms with Crippen molar-refractivity contribution in [3.63, 3.8) is 0 Å². The topological polar surface area (TPSA) is 38.3 Å². The van der Waals surface area contributed by atoms with Crippen LogP contribution >= 0.6 is 0 Å². The van der Waals surface area contributed by atoms with Gasteiger partial charge in [0.15, 0.2) is 0 Å². The van der Waals surface area contributed by atoms with E-state index in [2.05, 4.69) is 5.32 Å². The van der Waals surface area contributed by atoms with Crippen LogP contribution in [0.5, 0.6) is 0 Å². The summed E-state index contributed by atoms with van der Waals surface area (Å²) in [5.41, 5.74) is 0. The third-order valence-corrected chi connectivity index (χ3v) is 5.11. The summed E-state index contributed by atoms with van der Waals surface area (Å²) in [6.45, 7) is 1.85. The van der Waals surface area contributed by atoms with Crippen molar-refractivity contribution in [2.75, 3.05) is 20.2 Å². The Morgan fingerprint density at radius 3 is 2.69 bits per heavy atom. The molecular formula is C13H21NO2. The highest BCUT2D eigenvalue weighted by atomic mass is 16.5. The Morgan fingerprint density at radius 1 is 1.19 bits per heavy atom. The van der Waals surface area contributed by atoms with Crippen LogP contribution in [0.3, 0.4) is 0 Å². The van der Waals surface area contributed by atoms with E-state index in [-0.39, 0.29) is 11.9 Å². The number of methoxy groups -OCH3 is 1. The van der Waals surface area contributed by atoms with Crippen LogP contribution in [-0.4, -0.2) is 26.2 Å². The van der Waals surface area contributed by atoms with Gasteiger partial charge in [-0.05, 0) is 49.5 Å². The fourth-order valence-corrected chi connectivity index (χ4v) is 4.38. The lowest BCUT2D eigenvalue weighted by molar-refractivity contribution is -0.147. The van der Waals surface area contributed by atoms with Gasteiger partial charge in [0.25, 0.3) is 0 Å². The molecule has 2 saturated carbocycles. The van der Waals surface area contributed by atoms with Crippen LogP contribution in [0.25, 0.3) is 0 Å². The zero-order chi connectivity index (χ0) is 11.1. The third-order valence-electron chi connectivity index (χ3n) is 5.11. The standard InChI is InChI=1S/C13H21NO2/c1-16-13(15)12-7-14-6-11(12)10-5-8-2-3-9(10)4-8/h8-12,14H,2-7H2,1H3. The third kappa shape index (κ3) is 1.56. The predicted molar refractivity (Wildman–Crippen MR) is 60.8 cm³/mol. The van der Waals surface area contributed by atoms with Gasteiger partial charge >= 0.3 is 5.97 Å². The molecule has 0 amide bonds. The van der Waals surface area contributed by atoms with Gasteiger partial charge in [-0.25, -0.2) is 0 Å². The number of esters is 1. The average molecular weight is 223 g/mol. The number of carbonyl (C=O) groups is 1. The molecule has 3 heteroatoms. The molecule has 0 aromatic heterocycles. The molecule has 0 radical (unpaired) electrons. The largest absolute Gasteiger partial charge is 0.469 e. The van der Waals surface area contributed by atoms with Gasteiger partial charge in [-0.3, -0.25) is 4.79 Å². The molecule has 5 unspecified atom stereocenters. The summed E-state index contributed by atoms with van der Waals surface area (Å²) in [7, 11) is 1.51. The number of fused-ring (bicyclic) bond motifs is 2. The molecule has 1 aliphatic heterocycles. The maximum atomic E-state index is 11.7. The quantitative estimate of drug-likeness (QED) is 0.720. The molecule has 1 N–H and O–H groups in total. The van der Waals surface area contributed by atoms with Gasteiger partial charge in [0.2, 0.25) is 0 Å². The van der Waals surface area contributed by atoms with E-state index in [0.717, 1.165) is 30.8 Å². The van der Waals surface area contributed by atoms with E-state index < -0.39 is 0 Å². The summed E-state index contributed by atoms with van der Waals surface area (Å²) in [5.74, 6) is 3.32. The zero-order valence-corrected chi connectivity index (χ0v) is 9.95. The molecule has 3 rings (SSSR count). The molecule has 90 valence electrons. The summed E-state index contributed by atoms with van der Waals surface area (Å²) in [4.78, 5) is 11.7. The SMILES string of the molecule is COC(=O)C1CNCC1C1CC2CCC1C2. The van der Waals surface area contributed by atoms with Crippen LogP contribution in [0.15, 0.2) is 0 Å². The van der Waals surface area contributed by atoms with Gasteiger partial charge in [-0.1, -0.05) is 6.42 Å². The molecule has 1 heterocycles. The molecular weight excluding hydrogens is 202 g/mol. The van der Waals surface area contributed by atoms with E-state index in [9.17, 15) is 4.79 Å². The minimum absolute atomic E-state index is 0.00206. The normalized spacial score (nSPS) is 46.2. The first-order valence-corrected chi connectivity index (χ1v) is 6.58. The van der Waals surface area contributed by atoms with E-state index in [1.165, 1.54) is 32.8 Å². The van der Waals surface area contributed by atoms with Crippen molar-refractivity contribution in [1.82, 2.24) is 5.32 Å². The van der Waals surface area contributed by atoms with Crippen LogP contribution in [0, 0.1) is 29.6 Å². The van der Waals surface area contributed by atoms with Crippen molar-refractivity contribution < 1.29 is 9.53 Å². The molecule has 0 aromatic rings. The zero-order valence-electron chi connectivity index (χ0n) is 9.95. The summed E-state index contributed by atoms with van der Waals surface area (Å²) < 4.78 is 4.93. The minimum Gasteiger partial charge on any atom is -0.469 e. The van der Waals surface area contributed by atoms with Crippen molar-refractivity contribution in [2.24, 2.45) is 29.6 Å². The van der Waals surface area contributed by atoms with E-state index >= 15 is 0 Å². The lowest BCUT2D eigenvalue weighted by atomic mass is 9.75. The Hall–Kier alpha value is -0.570. The molecule has 3 nitrogen and oxygen atoms in total. The summed E-state index contributed by atoms with van der Waals surface area (Å²) >= 11 is 0. The van der Waals surface area contributed by atoms with Crippen molar-refractivity contribution in [1.29, 1.82) is 0 Å². The number of nitrogens with one attached hydrogen (secondary N) is 1. The fraction of sp³-hybridized carbons (Fsp3) is 0.923. The number of hydrogen-bond acceptors (Lipinski definition) is 3. The molecule has 3 aliphatic rings. The molecule has 2 aliphatic carbocycles. The van der Waals surface area contributed by atoms with Crippen LogP contribution in [0.1, 0.15) is 25.7 Å². The van der Waals surface area contributed by atoms with Gasteiger partial charge in [0.05, 0.1) is 13.0 Å². The first kappa shape index (κ1) is 10.6. The highest BCUT2D eigenvalue weighted by molar-refractivity contribution is 5.73. The average Bonchev–Trinajstić information content (AvgIpc) is 3.01. The first-order valence-electron chi connectivity index (χ1n) is 6.58. The van der Waals surface area contributed by atoms with E-state index in [1.807, 2.05) is 0 Å². The van der Waals surface area contributed by atoms with E-state index in [0.29, 0.717) is 5.92 Å². The second kappa shape index (κ2) is 4.02. The fourth-order valence-electron chi connectivity index (χ4n) is 4.38. The van der Waals surface area contributed by atoms with Crippen LogP contribution in [0.4, 0.5) is 0 Å². The molecule has 2 bridgehead atoms. The molecule has 0 spiro atoms. The highest BCUT2D eigenvalue weighted by Gasteiger charge is 2.48. The number of rotatable bonds is 2. The maximum absolute atomic E-state index is 11.7. The highest BCUT2D eigenvalue weighted by Crippen LogP contribution is 2.52. The molecule has 3 fully saturated rings. The van der Waals surface area contributed by atoms with Crippen LogP contribution in [-0.2, 0) is 9.53 Å². The smallest absolute Gasteiger partial charge is 0.310 e. The monoisotopic (exact) mass is 223 g/mol. The van der Waals surface area contributed by atoms with E-state index in [1.54, 1.807) is 0 Å². The maximum Gasteiger partial charge on any atom is 0.310 e. The van der Waals surface area contributed by atoms with Crippen LogP contribution < -0.4 is 5.32 Å². The van der Waals surface area contributed by atoms with Gasteiger partial charge < -0.3 is 10.1 Å². The van der Waals surface area contributed by atoms with Crippen molar-refractivity contribution in [3.8, 4) is 0 Å². The molecule has 0 aromatic carbocycles. The Labute approximate surface area is 96.9 Å². The second-order valence-corrected chi connectivity index (χ2v) is 5.79. The second-order valence-electron chi connectivity index (χ2n) is 5.79. The lowest BCUT2D eigenvalue weighted by Gasteiger charge is -2.30. The Kier molecular flexibility index (Phi) is 2.66. The molecule has 5 atom stereocenters.